The molecule has 1 unspecified atom stereocenters. The zero-order valence-corrected chi connectivity index (χ0v) is 11.6. The molecule has 1 amide bonds. The fourth-order valence-electron chi connectivity index (χ4n) is 2.26. The normalized spacial score (nSPS) is 16.3. The fourth-order valence-corrected chi connectivity index (χ4v) is 2.26. The van der Waals surface area contributed by atoms with Gasteiger partial charge in [-0.05, 0) is 26.7 Å². The number of carbonyl (C=O) groups excluding carboxylic acids is 1. The van der Waals surface area contributed by atoms with Gasteiger partial charge in [-0.25, -0.2) is 9.97 Å². The van der Waals surface area contributed by atoms with Gasteiger partial charge in [0.15, 0.2) is 0 Å². The van der Waals surface area contributed by atoms with Gasteiger partial charge in [-0.3, -0.25) is 4.79 Å². The molecule has 104 valence electrons. The first kappa shape index (κ1) is 13.6. The molecule has 0 radical (unpaired) electrons. The summed E-state index contributed by atoms with van der Waals surface area (Å²) in [5.74, 6) is 1.29. The molecule has 1 fully saturated rings. The number of anilines is 1. The van der Waals surface area contributed by atoms with Gasteiger partial charge in [-0.2, -0.15) is 0 Å². The van der Waals surface area contributed by atoms with Crippen LogP contribution in [0.4, 0.5) is 5.82 Å². The van der Waals surface area contributed by atoms with Gasteiger partial charge in [0, 0.05) is 13.1 Å². The van der Waals surface area contributed by atoms with Gasteiger partial charge in [0.2, 0.25) is 11.8 Å². The number of carbonyl (C=O) groups is 1. The van der Waals surface area contributed by atoms with Gasteiger partial charge in [0.25, 0.3) is 0 Å². The second kappa shape index (κ2) is 5.86. The molecule has 1 aliphatic heterocycles. The Bertz CT molecular complexity index is 458. The van der Waals surface area contributed by atoms with Gasteiger partial charge < -0.3 is 15.0 Å². The van der Waals surface area contributed by atoms with E-state index in [0.717, 1.165) is 31.5 Å². The second-order valence-corrected chi connectivity index (χ2v) is 4.75. The summed E-state index contributed by atoms with van der Waals surface area (Å²) < 4.78 is 5.14. The van der Waals surface area contributed by atoms with Crippen molar-refractivity contribution < 1.29 is 9.53 Å². The molecule has 1 aromatic rings. The van der Waals surface area contributed by atoms with E-state index in [1.807, 2.05) is 18.7 Å². The zero-order valence-electron chi connectivity index (χ0n) is 11.6. The second-order valence-electron chi connectivity index (χ2n) is 4.75. The summed E-state index contributed by atoms with van der Waals surface area (Å²) in [6.07, 6.45) is 3.62. The van der Waals surface area contributed by atoms with Gasteiger partial charge in [0.05, 0.1) is 12.7 Å². The summed E-state index contributed by atoms with van der Waals surface area (Å²) in [5.41, 5.74) is 0.811. The van der Waals surface area contributed by atoms with Crippen LogP contribution in [0.2, 0.25) is 0 Å². The SMILES string of the molecule is COc1ncnc(NC(C)C(=O)N2CCCC2)c1C. The van der Waals surface area contributed by atoms with Crippen LogP contribution in [0.1, 0.15) is 25.3 Å². The zero-order chi connectivity index (χ0) is 13.8. The van der Waals surface area contributed by atoms with Crippen molar-refractivity contribution in [3.63, 3.8) is 0 Å². The first-order valence-corrected chi connectivity index (χ1v) is 6.54. The Kier molecular flexibility index (Phi) is 4.19. The van der Waals surface area contributed by atoms with Crippen molar-refractivity contribution >= 4 is 11.7 Å². The lowest BCUT2D eigenvalue weighted by Gasteiger charge is -2.22. The molecule has 19 heavy (non-hydrogen) atoms. The number of hydrogen-bond acceptors (Lipinski definition) is 5. The van der Waals surface area contributed by atoms with E-state index in [-0.39, 0.29) is 11.9 Å². The quantitative estimate of drug-likeness (QED) is 0.885. The lowest BCUT2D eigenvalue weighted by molar-refractivity contribution is -0.130. The Morgan fingerprint density at radius 3 is 2.74 bits per heavy atom. The van der Waals surface area contributed by atoms with Gasteiger partial charge in [-0.15, -0.1) is 0 Å². The summed E-state index contributed by atoms with van der Waals surface area (Å²) in [4.78, 5) is 22.3. The Morgan fingerprint density at radius 1 is 1.42 bits per heavy atom. The molecule has 2 rings (SSSR count). The van der Waals surface area contributed by atoms with E-state index in [4.69, 9.17) is 4.74 Å². The molecular weight excluding hydrogens is 244 g/mol. The van der Waals surface area contributed by atoms with Gasteiger partial charge in [0.1, 0.15) is 18.2 Å². The third-order valence-electron chi connectivity index (χ3n) is 3.37. The molecule has 0 aromatic carbocycles. The Balaban J connectivity index is 2.06. The minimum Gasteiger partial charge on any atom is -0.481 e. The average molecular weight is 264 g/mol. The fraction of sp³-hybridized carbons (Fsp3) is 0.615. The maximum atomic E-state index is 12.2. The molecule has 0 bridgehead atoms. The lowest BCUT2D eigenvalue weighted by Crippen LogP contribution is -2.39. The number of nitrogens with one attached hydrogen (secondary N) is 1. The van der Waals surface area contributed by atoms with Crippen molar-refractivity contribution in [1.29, 1.82) is 0 Å². The van der Waals surface area contributed by atoms with Crippen molar-refractivity contribution in [3.8, 4) is 5.88 Å². The number of aromatic nitrogens is 2. The largest absolute Gasteiger partial charge is 0.481 e. The van der Waals surface area contributed by atoms with Crippen LogP contribution in [0.15, 0.2) is 6.33 Å². The highest BCUT2D eigenvalue weighted by atomic mass is 16.5. The van der Waals surface area contributed by atoms with E-state index < -0.39 is 0 Å². The monoisotopic (exact) mass is 264 g/mol. The third kappa shape index (κ3) is 2.94. The van der Waals surface area contributed by atoms with E-state index >= 15 is 0 Å². The molecule has 1 N–H and O–H groups in total. The predicted molar refractivity (Wildman–Crippen MR) is 72.2 cm³/mol. The Labute approximate surface area is 113 Å². The lowest BCUT2D eigenvalue weighted by atomic mass is 10.2. The molecule has 2 heterocycles. The van der Waals surface area contributed by atoms with Crippen LogP contribution in [0.5, 0.6) is 5.88 Å². The summed E-state index contributed by atoms with van der Waals surface area (Å²) in [6.45, 7) is 5.44. The number of ether oxygens (including phenoxy) is 1. The van der Waals surface area contributed by atoms with Crippen molar-refractivity contribution in [2.45, 2.75) is 32.7 Å². The molecule has 1 atom stereocenters. The maximum absolute atomic E-state index is 12.2. The minimum absolute atomic E-state index is 0.120. The van der Waals surface area contributed by atoms with Crippen molar-refractivity contribution in [2.75, 3.05) is 25.5 Å². The number of nitrogens with zero attached hydrogens (tertiary/aromatic N) is 3. The van der Waals surface area contributed by atoms with Crippen molar-refractivity contribution in [1.82, 2.24) is 14.9 Å². The smallest absolute Gasteiger partial charge is 0.244 e. The molecule has 6 nitrogen and oxygen atoms in total. The van der Waals surface area contributed by atoms with Crippen LogP contribution < -0.4 is 10.1 Å². The first-order chi connectivity index (χ1) is 9.13. The van der Waals surface area contributed by atoms with E-state index in [2.05, 4.69) is 15.3 Å². The third-order valence-corrected chi connectivity index (χ3v) is 3.37. The van der Waals surface area contributed by atoms with Gasteiger partial charge >= 0.3 is 0 Å². The predicted octanol–water partition coefficient (Wildman–Crippen LogP) is 1.22. The molecule has 0 aliphatic carbocycles. The summed E-state index contributed by atoms with van der Waals surface area (Å²) in [7, 11) is 1.57. The summed E-state index contributed by atoms with van der Waals surface area (Å²) in [5, 5.41) is 3.14. The molecule has 0 spiro atoms. The Hall–Kier alpha value is -1.85. The van der Waals surface area contributed by atoms with Crippen LogP contribution in [0.3, 0.4) is 0 Å². The Morgan fingerprint density at radius 2 is 2.11 bits per heavy atom. The van der Waals surface area contributed by atoms with Crippen LogP contribution in [0, 0.1) is 6.92 Å². The van der Waals surface area contributed by atoms with Gasteiger partial charge in [-0.1, -0.05) is 0 Å². The average Bonchev–Trinajstić information content (AvgIpc) is 2.94. The molecule has 1 aromatic heterocycles. The molecule has 6 heteroatoms. The summed E-state index contributed by atoms with van der Waals surface area (Å²) in [6, 6.07) is -0.295. The van der Waals surface area contributed by atoms with Crippen LogP contribution in [-0.4, -0.2) is 47.0 Å². The number of rotatable bonds is 4. The van der Waals surface area contributed by atoms with E-state index in [1.165, 1.54) is 6.33 Å². The number of likely N-dealkylation sites (tertiary alicyclic amines) is 1. The van der Waals surface area contributed by atoms with Crippen molar-refractivity contribution in [2.24, 2.45) is 0 Å². The molecule has 0 saturated carbocycles. The highest BCUT2D eigenvalue weighted by Gasteiger charge is 2.24. The molecule has 1 aliphatic rings. The van der Waals surface area contributed by atoms with Crippen LogP contribution >= 0.6 is 0 Å². The van der Waals surface area contributed by atoms with E-state index in [0.29, 0.717) is 11.7 Å². The topological polar surface area (TPSA) is 67.4 Å². The highest BCUT2D eigenvalue weighted by Crippen LogP contribution is 2.21. The summed E-state index contributed by atoms with van der Waals surface area (Å²) >= 11 is 0. The first-order valence-electron chi connectivity index (χ1n) is 6.54. The van der Waals surface area contributed by atoms with Crippen LogP contribution in [0.25, 0.3) is 0 Å². The maximum Gasteiger partial charge on any atom is 0.244 e. The highest BCUT2D eigenvalue weighted by molar-refractivity contribution is 5.84. The van der Waals surface area contributed by atoms with Crippen LogP contribution in [-0.2, 0) is 4.79 Å². The van der Waals surface area contributed by atoms with Crippen molar-refractivity contribution in [3.05, 3.63) is 11.9 Å². The minimum atomic E-state index is -0.295. The number of hydrogen-bond donors (Lipinski definition) is 1. The van der Waals surface area contributed by atoms with E-state index in [9.17, 15) is 4.79 Å². The number of amides is 1. The standard InChI is InChI=1S/C13H20N4O2/c1-9-11(14-8-15-12(9)19-3)16-10(2)13(18)17-6-4-5-7-17/h8,10H,4-7H2,1-3H3,(H,14,15,16). The van der Waals surface area contributed by atoms with E-state index in [1.54, 1.807) is 7.11 Å². The molecular formula is C13H20N4O2. The molecule has 1 saturated heterocycles. The number of methoxy groups -OCH3 is 1.